The predicted molar refractivity (Wildman–Crippen MR) is 181 cm³/mol. The van der Waals surface area contributed by atoms with E-state index < -0.39 is 9.84 Å². The number of piperidine rings is 1. The molecule has 0 radical (unpaired) electrons. The SMILES string of the molecule is CCN(CC)C(=O)c1cc(S(=O)(=O)Cc2ccc(C)cc2)c(N2CCC(c3ccccc3)CC2)cc1NCCN1CCCC1. The lowest BCUT2D eigenvalue weighted by Gasteiger charge is -2.35. The summed E-state index contributed by atoms with van der Waals surface area (Å²) in [5, 5.41) is 3.56. The number of aryl methyl sites for hydroxylation is 1. The number of anilines is 2. The number of rotatable bonds is 12. The van der Waals surface area contributed by atoms with Crippen LogP contribution in [0, 0.1) is 6.92 Å². The molecule has 5 rings (SSSR count). The third-order valence-electron chi connectivity index (χ3n) is 9.24. The van der Waals surface area contributed by atoms with Crippen LogP contribution in [0.5, 0.6) is 0 Å². The van der Waals surface area contributed by atoms with Gasteiger partial charge in [0.1, 0.15) is 0 Å². The highest BCUT2D eigenvalue weighted by Crippen LogP contribution is 2.38. The van der Waals surface area contributed by atoms with Crippen molar-refractivity contribution in [2.75, 3.05) is 62.6 Å². The molecule has 1 N–H and O–H groups in total. The molecule has 2 fully saturated rings. The van der Waals surface area contributed by atoms with E-state index in [0.29, 0.717) is 36.8 Å². The van der Waals surface area contributed by atoms with Crippen molar-refractivity contribution < 1.29 is 13.2 Å². The van der Waals surface area contributed by atoms with E-state index in [1.54, 1.807) is 11.0 Å². The van der Waals surface area contributed by atoms with Crippen LogP contribution in [0.2, 0.25) is 0 Å². The summed E-state index contributed by atoms with van der Waals surface area (Å²) in [6, 6.07) is 21.9. The second-order valence-electron chi connectivity index (χ2n) is 12.2. The zero-order valence-corrected chi connectivity index (χ0v) is 27.4. The number of carbonyl (C=O) groups is 1. The minimum Gasteiger partial charge on any atom is -0.383 e. The Morgan fingerprint density at radius 1 is 0.909 bits per heavy atom. The number of carbonyl (C=O) groups excluding carboxylic acids is 1. The van der Waals surface area contributed by atoms with Crippen LogP contribution in [0.4, 0.5) is 11.4 Å². The Labute approximate surface area is 264 Å². The lowest BCUT2D eigenvalue weighted by molar-refractivity contribution is 0.0773. The maximum atomic E-state index is 14.2. The molecule has 2 aliphatic heterocycles. The average molecular weight is 617 g/mol. The molecule has 236 valence electrons. The van der Waals surface area contributed by atoms with Crippen molar-refractivity contribution in [2.45, 2.75) is 63.0 Å². The van der Waals surface area contributed by atoms with Gasteiger partial charge in [-0.15, -0.1) is 0 Å². The summed E-state index contributed by atoms with van der Waals surface area (Å²) in [5.74, 6) is 0.197. The fourth-order valence-electron chi connectivity index (χ4n) is 6.58. The van der Waals surface area contributed by atoms with Crippen LogP contribution in [0.15, 0.2) is 71.6 Å². The van der Waals surface area contributed by atoms with Crippen molar-refractivity contribution in [1.29, 1.82) is 0 Å². The Morgan fingerprint density at radius 2 is 1.57 bits per heavy atom. The van der Waals surface area contributed by atoms with E-state index in [0.717, 1.165) is 62.4 Å². The summed E-state index contributed by atoms with van der Waals surface area (Å²) in [7, 11) is -3.77. The predicted octanol–water partition coefficient (Wildman–Crippen LogP) is 6.34. The van der Waals surface area contributed by atoms with E-state index in [1.165, 1.54) is 18.4 Å². The summed E-state index contributed by atoms with van der Waals surface area (Å²) in [6.07, 6.45) is 4.34. The Balaban J connectivity index is 1.53. The van der Waals surface area contributed by atoms with E-state index in [2.05, 4.69) is 39.4 Å². The fourth-order valence-corrected chi connectivity index (χ4v) is 8.18. The molecule has 2 heterocycles. The monoisotopic (exact) mass is 616 g/mol. The highest BCUT2D eigenvalue weighted by atomic mass is 32.2. The van der Waals surface area contributed by atoms with E-state index in [4.69, 9.17) is 0 Å². The Kier molecular flexibility index (Phi) is 10.6. The Hall–Kier alpha value is -3.36. The van der Waals surface area contributed by atoms with Gasteiger partial charge in [-0.3, -0.25) is 4.79 Å². The van der Waals surface area contributed by atoms with Crippen molar-refractivity contribution in [3.8, 4) is 0 Å². The maximum Gasteiger partial charge on any atom is 0.255 e. The molecule has 0 saturated carbocycles. The number of likely N-dealkylation sites (tertiary alicyclic amines) is 1. The largest absolute Gasteiger partial charge is 0.383 e. The third-order valence-corrected chi connectivity index (χ3v) is 11.0. The molecule has 44 heavy (non-hydrogen) atoms. The number of hydrogen-bond acceptors (Lipinski definition) is 6. The first-order chi connectivity index (χ1) is 21.3. The first kappa shape index (κ1) is 32.0. The minimum atomic E-state index is -3.77. The highest BCUT2D eigenvalue weighted by Gasteiger charge is 2.30. The van der Waals surface area contributed by atoms with Crippen LogP contribution in [0.3, 0.4) is 0 Å². The van der Waals surface area contributed by atoms with Crippen LogP contribution in [0.25, 0.3) is 0 Å². The second kappa shape index (κ2) is 14.6. The number of hydrogen-bond donors (Lipinski definition) is 1. The quantitative estimate of drug-likeness (QED) is 0.256. The van der Waals surface area contributed by atoms with Crippen molar-refractivity contribution in [2.24, 2.45) is 0 Å². The number of amides is 1. The molecule has 1 amide bonds. The summed E-state index contributed by atoms with van der Waals surface area (Å²) >= 11 is 0. The zero-order chi connectivity index (χ0) is 31.1. The van der Waals surface area contributed by atoms with E-state index >= 15 is 0 Å². The maximum absolute atomic E-state index is 14.2. The fraction of sp³-hybridized carbons (Fsp3) is 0.472. The van der Waals surface area contributed by atoms with Crippen LogP contribution in [-0.2, 0) is 15.6 Å². The molecule has 0 unspecified atom stereocenters. The summed E-state index contributed by atoms with van der Waals surface area (Å²) in [4.78, 5) is 20.6. The van der Waals surface area contributed by atoms with E-state index in [9.17, 15) is 13.2 Å². The molecule has 2 aliphatic rings. The number of benzene rings is 3. The van der Waals surface area contributed by atoms with Crippen LogP contribution in [-0.4, -0.2) is 76.5 Å². The van der Waals surface area contributed by atoms with Gasteiger partial charge in [0.15, 0.2) is 9.84 Å². The summed E-state index contributed by atoms with van der Waals surface area (Å²) in [5.41, 5.74) is 5.02. The first-order valence-electron chi connectivity index (χ1n) is 16.3. The minimum absolute atomic E-state index is 0.110. The van der Waals surface area contributed by atoms with Crippen LogP contribution >= 0.6 is 0 Å². The molecular formula is C36H48N4O3S. The third kappa shape index (κ3) is 7.64. The number of nitrogens with one attached hydrogen (secondary N) is 1. The van der Waals surface area contributed by atoms with E-state index in [-0.39, 0.29) is 16.6 Å². The van der Waals surface area contributed by atoms with Gasteiger partial charge >= 0.3 is 0 Å². The molecule has 0 aliphatic carbocycles. The normalized spacial score (nSPS) is 16.3. The molecule has 3 aromatic carbocycles. The second-order valence-corrected chi connectivity index (χ2v) is 14.2. The smallest absolute Gasteiger partial charge is 0.255 e. The van der Waals surface area contributed by atoms with Gasteiger partial charge in [-0.25, -0.2) is 8.42 Å². The van der Waals surface area contributed by atoms with Crippen molar-refractivity contribution in [3.05, 3.63) is 89.0 Å². The zero-order valence-electron chi connectivity index (χ0n) is 26.6. The highest BCUT2D eigenvalue weighted by molar-refractivity contribution is 7.90. The molecule has 7 nitrogen and oxygen atoms in total. The van der Waals surface area contributed by atoms with Gasteiger partial charge in [0.2, 0.25) is 0 Å². The molecule has 8 heteroatoms. The standard InChI is InChI=1S/C36H48N4O3S/c1-4-39(5-2)36(41)32-25-35(44(42,43)27-29-15-13-28(3)14-16-29)34(26-33(32)37-19-24-38-20-9-10-21-38)40-22-17-31(18-23-40)30-11-7-6-8-12-30/h6-8,11-16,25-26,31,37H,4-5,9-10,17-24,27H2,1-3H3. The molecule has 2 saturated heterocycles. The summed E-state index contributed by atoms with van der Waals surface area (Å²) < 4.78 is 28.5. The van der Waals surface area contributed by atoms with E-state index in [1.807, 2.05) is 57.2 Å². The molecule has 0 spiro atoms. The molecule has 0 aromatic heterocycles. The van der Waals surface area contributed by atoms with Gasteiger partial charge in [0.05, 0.1) is 21.9 Å². The number of nitrogens with zero attached hydrogens (tertiary/aromatic N) is 3. The topological polar surface area (TPSA) is 73.0 Å². The summed E-state index contributed by atoms with van der Waals surface area (Å²) in [6.45, 7) is 12.3. The van der Waals surface area contributed by atoms with Gasteiger partial charge in [-0.1, -0.05) is 60.2 Å². The van der Waals surface area contributed by atoms with Gasteiger partial charge in [-0.05, 0) is 88.7 Å². The molecule has 3 aromatic rings. The van der Waals surface area contributed by atoms with Gasteiger partial charge in [0, 0.05) is 45.0 Å². The average Bonchev–Trinajstić information content (AvgIpc) is 3.56. The Bertz CT molecular complexity index is 1490. The van der Waals surface area contributed by atoms with Crippen molar-refractivity contribution >= 4 is 27.1 Å². The van der Waals surface area contributed by atoms with Gasteiger partial charge in [-0.2, -0.15) is 0 Å². The van der Waals surface area contributed by atoms with Crippen molar-refractivity contribution in [1.82, 2.24) is 9.80 Å². The molecule has 0 bridgehead atoms. The lowest BCUT2D eigenvalue weighted by Crippen LogP contribution is -2.35. The van der Waals surface area contributed by atoms with Crippen molar-refractivity contribution in [3.63, 3.8) is 0 Å². The van der Waals surface area contributed by atoms with Gasteiger partial charge < -0.3 is 20.0 Å². The van der Waals surface area contributed by atoms with Crippen LogP contribution in [0.1, 0.15) is 72.5 Å². The lowest BCUT2D eigenvalue weighted by atomic mass is 9.89. The Morgan fingerprint density at radius 3 is 2.20 bits per heavy atom. The van der Waals surface area contributed by atoms with Crippen LogP contribution < -0.4 is 10.2 Å². The molecule has 0 atom stereocenters. The van der Waals surface area contributed by atoms with Gasteiger partial charge in [0.25, 0.3) is 5.91 Å². The number of sulfone groups is 1. The first-order valence-corrected chi connectivity index (χ1v) is 18.0. The molecular weight excluding hydrogens is 568 g/mol.